The van der Waals surface area contributed by atoms with Gasteiger partial charge in [-0.1, -0.05) is 34.1 Å². The normalized spacial score (nSPS) is 22.9. The van der Waals surface area contributed by atoms with Crippen molar-refractivity contribution in [3.63, 3.8) is 0 Å². The molecule has 1 aromatic carbocycles. The minimum Gasteiger partial charge on any atom is -0.236 e. The zero-order valence-corrected chi connectivity index (χ0v) is 8.08. The van der Waals surface area contributed by atoms with Gasteiger partial charge in [0.05, 0.1) is 6.61 Å². The van der Waals surface area contributed by atoms with Crippen LogP contribution in [0.5, 0.6) is 0 Å². The Labute approximate surface area is 79.5 Å². The predicted molar refractivity (Wildman–Crippen MR) is 48.5 cm³/mol. The molecule has 0 N–H and O–H groups in total. The third kappa shape index (κ3) is 1.53. The maximum Gasteiger partial charge on any atom is 0.121 e. The number of rotatable bonds is 1. The van der Waals surface area contributed by atoms with Gasteiger partial charge in [0, 0.05) is 10.9 Å². The molecule has 2 nitrogen and oxygen atoms in total. The van der Waals surface area contributed by atoms with Crippen molar-refractivity contribution in [2.24, 2.45) is 0 Å². The van der Waals surface area contributed by atoms with Crippen molar-refractivity contribution in [1.29, 1.82) is 0 Å². The van der Waals surface area contributed by atoms with E-state index in [2.05, 4.69) is 15.9 Å². The van der Waals surface area contributed by atoms with Crippen LogP contribution in [0.2, 0.25) is 0 Å². The van der Waals surface area contributed by atoms with Crippen LogP contribution in [0.15, 0.2) is 28.7 Å². The number of hydrogen-bond donors (Lipinski definition) is 0. The van der Waals surface area contributed by atoms with Gasteiger partial charge < -0.3 is 0 Å². The van der Waals surface area contributed by atoms with Crippen LogP contribution in [0.4, 0.5) is 0 Å². The molecule has 1 saturated heterocycles. The van der Waals surface area contributed by atoms with Crippen LogP contribution >= 0.6 is 15.9 Å². The lowest BCUT2D eigenvalue weighted by atomic mass is 10.1. The molecule has 3 heteroatoms. The Morgan fingerprint density at radius 2 is 2.17 bits per heavy atom. The van der Waals surface area contributed by atoms with E-state index in [4.69, 9.17) is 9.78 Å². The van der Waals surface area contributed by atoms with E-state index in [-0.39, 0.29) is 6.10 Å². The SMILES string of the molecule is Brc1ccccc1C1CCOO1. The van der Waals surface area contributed by atoms with Crippen molar-refractivity contribution in [2.75, 3.05) is 6.61 Å². The van der Waals surface area contributed by atoms with Gasteiger partial charge in [-0.15, -0.1) is 0 Å². The molecule has 1 aliphatic heterocycles. The second-order valence-electron chi connectivity index (χ2n) is 2.72. The Balaban J connectivity index is 2.26. The maximum atomic E-state index is 5.09. The third-order valence-corrected chi connectivity index (χ3v) is 2.62. The molecular formula is C9H9BrO2. The largest absolute Gasteiger partial charge is 0.236 e. The molecule has 1 heterocycles. The molecular weight excluding hydrogens is 220 g/mol. The van der Waals surface area contributed by atoms with E-state index in [1.54, 1.807) is 0 Å². The van der Waals surface area contributed by atoms with Crippen LogP contribution in [0.1, 0.15) is 18.1 Å². The summed E-state index contributed by atoms with van der Waals surface area (Å²) in [5, 5.41) is 0. The molecule has 0 amide bonds. The second-order valence-corrected chi connectivity index (χ2v) is 3.57. The molecule has 0 aromatic heterocycles. The first-order chi connectivity index (χ1) is 5.88. The van der Waals surface area contributed by atoms with Crippen molar-refractivity contribution in [2.45, 2.75) is 12.5 Å². The van der Waals surface area contributed by atoms with Gasteiger partial charge >= 0.3 is 0 Å². The highest BCUT2D eigenvalue weighted by Crippen LogP contribution is 2.31. The third-order valence-electron chi connectivity index (χ3n) is 1.90. The van der Waals surface area contributed by atoms with Crippen molar-refractivity contribution >= 4 is 15.9 Å². The molecule has 2 rings (SSSR count). The van der Waals surface area contributed by atoms with Crippen molar-refractivity contribution in [3.8, 4) is 0 Å². The van der Waals surface area contributed by atoms with Gasteiger partial charge in [0.15, 0.2) is 0 Å². The standard InChI is InChI=1S/C9H9BrO2/c10-8-4-2-1-3-7(8)9-5-6-11-12-9/h1-4,9H,5-6H2. The average Bonchev–Trinajstić information content (AvgIpc) is 2.57. The first-order valence-corrected chi connectivity index (χ1v) is 4.70. The quantitative estimate of drug-likeness (QED) is 0.689. The number of benzene rings is 1. The molecule has 1 aromatic rings. The van der Waals surface area contributed by atoms with Crippen LogP contribution in [0.25, 0.3) is 0 Å². The summed E-state index contributed by atoms with van der Waals surface area (Å²) in [7, 11) is 0. The van der Waals surface area contributed by atoms with Crippen LogP contribution in [-0.4, -0.2) is 6.61 Å². The van der Waals surface area contributed by atoms with Crippen LogP contribution in [-0.2, 0) is 9.78 Å². The van der Waals surface area contributed by atoms with E-state index in [0.29, 0.717) is 6.61 Å². The molecule has 0 spiro atoms. The molecule has 0 radical (unpaired) electrons. The van der Waals surface area contributed by atoms with Crippen molar-refractivity contribution < 1.29 is 9.78 Å². The van der Waals surface area contributed by atoms with Crippen LogP contribution < -0.4 is 0 Å². The summed E-state index contributed by atoms with van der Waals surface area (Å²) in [6, 6.07) is 8.05. The Hall–Kier alpha value is -0.380. The maximum absolute atomic E-state index is 5.09. The van der Waals surface area contributed by atoms with E-state index in [1.165, 1.54) is 0 Å². The van der Waals surface area contributed by atoms with Gasteiger partial charge in [0.1, 0.15) is 6.10 Å². The van der Waals surface area contributed by atoms with E-state index >= 15 is 0 Å². The Kier molecular flexibility index (Phi) is 2.44. The lowest BCUT2D eigenvalue weighted by Crippen LogP contribution is -1.95. The molecule has 64 valence electrons. The summed E-state index contributed by atoms with van der Waals surface area (Å²) in [4.78, 5) is 9.94. The number of halogens is 1. The lowest BCUT2D eigenvalue weighted by molar-refractivity contribution is -0.276. The highest BCUT2D eigenvalue weighted by atomic mass is 79.9. The molecule has 1 aliphatic rings. The second kappa shape index (κ2) is 3.56. The fraction of sp³-hybridized carbons (Fsp3) is 0.333. The van der Waals surface area contributed by atoms with Gasteiger partial charge in [-0.25, -0.2) is 9.78 Å². The predicted octanol–water partition coefficient (Wildman–Crippen LogP) is 2.84. The van der Waals surface area contributed by atoms with Crippen LogP contribution in [0.3, 0.4) is 0 Å². The van der Waals surface area contributed by atoms with Gasteiger partial charge in [-0.3, -0.25) is 0 Å². The van der Waals surface area contributed by atoms with E-state index in [0.717, 1.165) is 16.5 Å². The first-order valence-electron chi connectivity index (χ1n) is 3.90. The molecule has 1 unspecified atom stereocenters. The summed E-state index contributed by atoms with van der Waals surface area (Å²) >= 11 is 3.47. The fourth-order valence-electron chi connectivity index (χ4n) is 1.28. The smallest absolute Gasteiger partial charge is 0.121 e. The van der Waals surface area contributed by atoms with E-state index in [1.807, 2.05) is 24.3 Å². The average molecular weight is 229 g/mol. The Morgan fingerprint density at radius 1 is 1.33 bits per heavy atom. The highest BCUT2D eigenvalue weighted by molar-refractivity contribution is 9.10. The van der Waals surface area contributed by atoms with E-state index < -0.39 is 0 Å². The van der Waals surface area contributed by atoms with Gasteiger partial charge in [0.2, 0.25) is 0 Å². The summed E-state index contributed by atoms with van der Waals surface area (Å²) in [5.41, 5.74) is 1.16. The van der Waals surface area contributed by atoms with E-state index in [9.17, 15) is 0 Å². The Bertz CT molecular complexity index is 269. The zero-order chi connectivity index (χ0) is 8.39. The summed E-state index contributed by atoms with van der Waals surface area (Å²) < 4.78 is 1.08. The number of hydrogen-bond acceptors (Lipinski definition) is 2. The molecule has 1 fully saturated rings. The molecule has 0 bridgehead atoms. The summed E-state index contributed by atoms with van der Waals surface area (Å²) in [6.45, 7) is 0.687. The Morgan fingerprint density at radius 3 is 2.83 bits per heavy atom. The van der Waals surface area contributed by atoms with Crippen molar-refractivity contribution in [3.05, 3.63) is 34.3 Å². The van der Waals surface area contributed by atoms with Gasteiger partial charge in [-0.05, 0) is 11.6 Å². The minimum atomic E-state index is 0.0978. The zero-order valence-electron chi connectivity index (χ0n) is 6.50. The fourth-order valence-corrected chi connectivity index (χ4v) is 1.82. The topological polar surface area (TPSA) is 18.5 Å². The molecule has 12 heavy (non-hydrogen) atoms. The summed E-state index contributed by atoms with van der Waals surface area (Å²) in [6.07, 6.45) is 1.03. The highest BCUT2D eigenvalue weighted by Gasteiger charge is 2.20. The first kappa shape index (κ1) is 8.23. The van der Waals surface area contributed by atoms with Gasteiger partial charge in [-0.2, -0.15) is 0 Å². The molecule has 0 aliphatic carbocycles. The minimum absolute atomic E-state index is 0.0978. The molecule has 0 saturated carbocycles. The summed E-state index contributed by atoms with van der Waals surface area (Å²) in [5.74, 6) is 0. The monoisotopic (exact) mass is 228 g/mol. The lowest BCUT2D eigenvalue weighted by Gasteiger charge is -2.08. The van der Waals surface area contributed by atoms with Crippen LogP contribution in [0, 0.1) is 0 Å². The van der Waals surface area contributed by atoms with Crippen molar-refractivity contribution in [1.82, 2.24) is 0 Å². The van der Waals surface area contributed by atoms with Gasteiger partial charge in [0.25, 0.3) is 0 Å². The molecule has 1 atom stereocenters.